The van der Waals surface area contributed by atoms with Gasteiger partial charge in [-0.25, -0.2) is 4.39 Å². The molecule has 2 nitrogen and oxygen atoms in total. The standard InChI is InChI=1S/C18H28FNO/c1-3-13-6-5-7-16(12-13)21-18(17(20)4-2)14-8-10-15(19)11-9-14/h8-11,13,16-18H,3-7,12,20H2,1-2H3. The van der Waals surface area contributed by atoms with Gasteiger partial charge in [0.1, 0.15) is 5.82 Å². The predicted octanol–water partition coefficient (Wildman–Crippen LogP) is 4.59. The van der Waals surface area contributed by atoms with Crippen molar-refractivity contribution in [3.63, 3.8) is 0 Å². The Morgan fingerprint density at radius 1 is 1.24 bits per heavy atom. The van der Waals surface area contributed by atoms with Crippen LogP contribution < -0.4 is 5.73 Å². The molecule has 1 aliphatic carbocycles. The van der Waals surface area contributed by atoms with E-state index in [0.717, 1.165) is 30.7 Å². The summed E-state index contributed by atoms with van der Waals surface area (Å²) in [6.45, 7) is 4.32. The molecule has 0 amide bonds. The second kappa shape index (κ2) is 7.90. The average Bonchev–Trinajstić information content (AvgIpc) is 2.53. The first kappa shape index (κ1) is 16.4. The summed E-state index contributed by atoms with van der Waals surface area (Å²) in [6.07, 6.45) is 7.03. The first-order chi connectivity index (χ1) is 10.1. The second-order valence-corrected chi connectivity index (χ2v) is 6.24. The third kappa shape index (κ3) is 4.52. The summed E-state index contributed by atoms with van der Waals surface area (Å²) in [6, 6.07) is 6.54. The number of benzene rings is 1. The van der Waals surface area contributed by atoms with Gasteiger partial charge in [0.2, 0.25) is 0 Å². The zero-order valence-electron chi connectivity index (χ0n) is 13.2. The van der Waals surface area contributed by atoms with E-state index in [1.165, 1.54) is 31.4 Å². The lowest BCUT2D eigenvalue weighted by Crippen LogP contribution is -2.34. The summed E-state index contributed by atoms with van der Waals surface area (Å²) in [4.78, 5) is 0. The van der Waals surface area contributed by atoms with Crippen molar-refractivity contribution in [3.8, 4) is 0 Å². The second-order valence-electron chi connectivity index (χ2n) is 6.24. The molecular formula is C18H28FNO. The van der Waals surface area contributed by atoms with E-state index in [0.29, 0.717) is 0 Å². The van der Waals surface area contributed by atoms with Crippen LogP contribution in [0.1, 0.15) is 64.0 Å². The normalized spacial score (nSPS) is 25.5. The highest BCUT2D eigenvalue weighted by atomic mass is 19.1. The molecular weight excluding hydrogens is 265 g/mol. The molecule has 0 radical (unpaired) electrons. The van der Waals surface area contributed by atoms with E-state index in [9.17, 15) is 4.39 Å². The van der Waals surface area contributed by atoms with Crippen LogP contribution in [0.2, 0.25) is 0 Å². The number of hydrogen-bond acceptors (Lipinski definition) is 2. The van der Waals surface area contributed by atoms with Crippen molar-refractivity contribution < 1.29 is 9.13 Å². The Morgan fingerprint density at radius 2 is 1.95 bits per heavy atom. The van der Waals surface area contributed by atoms with Crippen molar-refractivity contribution in [2.75, 3.05) is 0 Å². The molecule has 1 aromatic carbocycles. The first-order valence-corrected chi connectivity index (χ1v) is 8.30. The molecule has 0 aliphatic heterocycles. The van der Waals surface area contributed by atoms with Gasteiger partial charge in [0, 0.05) is 6.04 Å². The van der Waals surface area contributed by atoms with E-state index in [-0.39, 0.29) is 24.1 Å². The van der Waals surface area contributed by atoms with Crippen LogP contribution >= 0.6 is 0 Å². The molecule has 0 spiro atoms. The van der Waals surface area contributed by atoms with Crippen LogP contribution in [0.4, 0.5) is 4.39 Å². The highest BCUT2D eigenvalue weighted by Gasteiger charge is 2.27. The highest BCUT2D eigenvalue weighted by molar-refractivity contribution is 5.20. The number of nitrogens with two attached hydrogens (primary N) is 1. The number of hydrogen-bond donors (Lipinski definition) is 1. The van der Waals surface area contributed by atoms with Gasteiger partial charge in [-0.1, -0.05) is 45.2 Å². The van der Waals surface area contributed by atoms with Gasteiger partial charge in [0.25, 0.3) is 0 Å². The molecule has 118 valence electrons. The average molecular weight is 293 g/mol. The Bertz CT molecular complexity index is 420. The largest absolute Gasteiger partial charge is 0.369 e. The van der Waals surface area contributed by atoms with Crippen molar-refractivity contribution in [1.29, 1.82) is 0 Å². The quantitative estimate of drug-likeness (QED) is 0.832. The van der Waals surface area contributed by atoms with Gasteiger partial charge in [-0.3, -0.25) is 0 Å². The van der Waals surface area contributed by atoms with Crippen LogP contribution in [0.5, 0.6) is 0 Å². The molecule has 4 atom stereocenters. The SMILES string of the molecule is CCC1CCCC(OC(c2ccc(F)cc2)C(N)CC)C1. The fourth-order valence-corrected chi connectivity index (χ4v) is 3.24. The van der Waals surface area contributed by atoms with Gasteiger partial charge < -0.3 is 10.5 Å². The Hall–Kier alpha value is -0.930. The van der Waals surface area contributed by atoms with Crippen molar-refractivity contribution in [2.24, 2.45) is 11.7 Å². The smallest absolute Gasteiger partial charge is 0.123 e. The summed E-state index contributed by atoms with van der Waals surface area (Å²) in [5.41, 5.74) is 7.24. The summed E-state index contributed by atoms with van der Waals surface area (Å²) < 4.78 is 19.5. The van der Waals surface area contributed by atoms with Crippen molar-refractivity contribution in [2.45, 2.75) is 70.6 Å². The molecule has 1 fully saturated rings. The van der Waals surface area contributed by atoms with E-state index in [1.807, 2.05) is 0 Å². The maximum absolute atomic E-state index is 13.1. The van der Waals surface area contributed by atoms with Gasteiger partial charge >= 0.3 is 0 Å². The first-order valence-electron chi connectivity index (χ1n) is 8.30. The van der Waals surface area contributed by atoms with Crippen molar-refractivity contribution in [1.82, 2.24) is 0 Å². The van der Waals surface area contributed by atoms with Crippen molar-refractivity contribution >= 4 is 0 Å². The topological polar surface area (TPSA) is 35.2 Å². The van der Waals surface area contributed by atoms with E-state index in [2.05, 4.69) is 13.8 Å². The fraction of sp³-hybridized carbons (Fsp3) is 0.667. The Kier molecular flexibility index (Phi) is 6.19. The van der Waals surface area contributed by atoms with Crippen LogP contribution in [0, 0.1) is 11.7 Å². The van der Waals surface area contributed by atoms with E-state index in [4.69, 9.17) is 10.5 Å². The lowest BCUT2D eigenvalue weighted by molar-refractivity contribution is -0.0536. The van der Waals surface area contributed by atoms with Crippen LogP contribution in [-0.2, 0) is 4.74 Å². The maximum Gasteiger partial charge on any atom is 0.123 e. The third-order valence-corrected chi connectivity index (χ3v) is 4.71. The van der Waals surface area contributed by atoms with Crippen molar-refractivity contribution in [3.05, 3.63) is 35.6 Å². The molecule has 0 saturated heterocycles. The van der Waals surface area contributed by atoms with Gasteiger partial charge in [-0.15, -0.1) is 0 Å². The van der Waals surface area contributed by atoms with Gasteiger partial charge in [-0.2, -0.15) is 0 Å². The monoisotopic (exact) mass is 293 g/mol. The maximum atomic E-state index is 13.1. The van der Waals surface area contributed by atoms with Crippen LogP contribution in [-0.4, -0.2) is 12.1 Å². The molecule has 0 aromatic heterocycles. The third-order valence-electron chi connectivity index (χ3n) is 4.71. The van der Waals surface area contributed by atoms with E-state index < -0.39 is 0 Å². The van der Waals surface area contributed by atoms with Crippen LogP contribution in [0.25, 0.3) is 0 Å². The van der Waals surface area contributed by atoms with E-state index in [1.54, 1.807) is 12.1 Å². The molecule has 0 bridgehead atoms. The van der Waals surface area contributed by atoms with Gasteiger partial charge in [0.15, 0.2) is 0 Å². The lowest BCUT2D eigenvalue weighted by atomic mass is 9.85. The van der Waals surface area contributed by atoms with E-state index >= 15 is 0 Å². The molecule has 1 aliphatic rings. The van der Waals surface area contributed by atoms with Crippen LogP contribution in [0.15, 0.2) is 24.3 Å². The molecule has 2 N–H and O–H groups in total. The summed E-state index contributed by atoms with van der Waals surface area (Å²) in [5, 5.41) is 0. The Morgan fingerprint density at radius 3 is 2.57 bits per heavy atom. The molecule has 3 heteroatoms. The zero-order valence-corrected chi connectivity index (χ0v) is 13.2. The summed E-state index contributed by atoms with van der Waals surface area (Å²) in [5.74, 6) is 0.557. The molecule has 4 unspecified atom stereocenters. The fourth-order valence-electron chi connectivity index (χ4n) is 3.24. The predicted molar refractivity (Wildman–Crippen MR) is 84.5 cm³/mol. The Balaban J connectivity index is 2.07. The highest BCUT2D eigenvalue weighted by Crippen LogP contribution is 2.33. The zero-order chi connectivity index (χ0) is 15.2. The summed E-state index contributed by atoms with van der Waals surface area (Å²) in [7, 11) is 0. The van der Waals surface area contributed by atoms with Gasteiger partial charge in [0.05, 0.1) is 12.2 Å². The van der Waals surface area contributed by atoms with Crippen LogP contribution in [0.3, 0.4) is 0 Å². The molecule has 1 saturated carbocycles. The summed E-state index contributed by atoms with van der Waals surface area (Å²) >= 11 is 0. The van der Waals surface area contributed by atoms with Gasteiger partial charge in [-0.05, 0) is 42.9 Å². The number of ether oxygens (including phenoxy) is 1. The minimum Gasteiger partial charge on any atom is -0.369 e. The minimum atomic E-state index is -0.216. The number of rotatable bonds is 6. The lowest BCUT2D eigenvalue weighted by Gasteiger charge is -2.34. The molecule has 0 heterocycles. The minimum absolute atomic E-state index is 0.0440. The number of halogens is 1. The Labute approximate surface area is 127 Å². The molecule has 21 heavy (non-hydrogen) atoms. The molecule has 1 aromatic rings. The molecule has 2 rings (SSSR count).